The molecule has 0 aliphatic carbocycles. The molecule has 184 valence electrons. The predicted octanol–water partition coefficient (Wildman–Crippen LogP) is 6.54. The zero-order chi connectivity index (χ0) is 26.0. The quantitative estimate of drug-likeness (QED) is 0.316. The molecular formula is C20H12Cl3F7N2O2. The van der Waals surface area contributed by atoms with Crippen molar-refractivity contribution in [1.82, 2.24) is 5.32 Å². The van der Waals surface area contributed by atoms with Crippen molar-refractivity contribution in [3.8, 4) is 0 Å². The van der Waals surface area contributed by atoms with E-state index < -0.39 is 64.7 Å². The first-order chi connectivity index (χ1) is 15.5. The molecule has 3 N–H and O–H groups in total. The Hall–Kier alpha value is -2.50. The summed E-state index contributed by atoms with van der Waals surface area (Å²) in [6, 6.07) is 2.99. The third-order valence-corrected chi connectivity index (χ3v) is 5.50. The Morgan fingerprint density at radius 1 is 1.00 bits per heavy atom. The number of amides is 2. The van der Waals surface area contributed by atoms with Gasteiger partial charge in [0.25, 0.3) is 5.91 Å². The Morgan fingerprint density at radius 3 is 2.03 bits per heavy atom. The maximum absolute atomic E-state index is 14.8. The topological polar surface area (TPSA) is 72.2 Å². The van der Waals surface area contributed by atoms with Gasteiger partial charge in [0.05, 0.1) is 32.7 Å². The lowest BCUT2D eigenvalue weighted by molar-refractivity contribution is -0.140. The van der Waals surface area contributed by atoms with Gasteiger partial charge in [0.1, 0.15) is 11.7 Å². The summed E-state index contributed by atoms with van der Waals surface area (Å²) in [6.45, 7) is -0.772. The summed E-state index contributed by atoms with van der Waals surface area (Å²) in [7, 11) is 0. The highest BCUT2D eigenvalue weighted by molar-refractivity contribution is 6.48. The zero-order valence-electron chi connectivity index (χ0n) is 16.4. The van der Waals surface area contributed by atoms with Crippen LogP contribution in [0.3, 0.4) is 0 Å². The van der Waals surface area contributed by atoms with E-state index in [0.29, 0.717) is 12.1 Å². The van der Waals surface area contributed by atoms with E-state index in [2.05, 4.69) is 0 Å². The molecule has 34 heavy (non-hydrogen) atoms. The Bertz CT molecular complexity index is 1120. The van der Waals surface area contributed by atoms with Gasteiger partial charge in [-0.25, -0.2) is 4.39 Å². The molecule has 0 bridgehead atoms. The summed E-state index contributed by atoms with van der Waals surface area (Å²) in [4.78, 5) is 22.7. The van der Waals surface area contributed by atoms with Gasteiger partial charge in [-0.1, -0.05) is 40.9 Å². The van der Waals surface area contributed by atoms with Crippen LogP contribution in [0, 0.1) is 0 Å². The fourth-order valence-corrected chi connectivity index (χ4v) is 3.38. The van der Waals surface area contributed by atoms with E-state index in [0.717, 1.165) is 12.1 Å². The Morgan fingerprint density at radius 2 is 1.56 bits per heavy atom. The number of hydrogen-bond donors (Lipinski definition) is 2. The Labute approximate surface area is 202 Å². The van der Waals surface area contributed by atoms with Crippen molar-refractivity contribution < 1.29 is 40.3 Å². The second-order valence-electron chi connectivity index (χ2n) is 6.74. The summed E-state index contributed by atoms with van der Waals surface area (Å²) < 4.78 is 96.1. The van der Waals surface area contributed by atoms with Crippen LogP contribution in [-0.4, -0.2) is 24.5 Å². The molecule has 0 aromatic heterocycles. The highest BCUT2D eigenvalue weighted by atomic mass is 35.5. The minimum Gasteiger partial charge on any atom is -0.368 e. The van der Waals surface area contributed by atoms with Gasteiger partial charge in [-0.15, -0.1) is 0 Å². The molecule has 2 amide bonds. The number of alkyl halides is 6. The van der Waals surface area contributed by atoms with E-state index in [1.165, 1.54) is 0 Å². The molecule has 2 aromatic rings. The van der Waals surface area contributed by atoms with Crippen LogP contribution in [0.15, 0.2) is 36.4 Å². The first-order valence-electron chi connectivity index (χ1n) is 8.89. The van der Waals surface area contributed by atoms with Gasteiger partial charge in [0.15, 0.2) is 0 Å². The summed E-state index contributed by atoms with van der Waals surface area (Å²) >= 11 is 17.2. The monoisotopic (exact) mass is 550 g/mol. The van der Waals surface area contributed by atoms with E-state index in [9.17, 15) is 40.3 Å². The lowest BCUT2D eigenvalue weighted by Crippen LogP contribution is -2.34. The van der Waals surface area contributed by atoms with E-state index in [1.54, 1.807) is 0 Å². The SMILES string of the molecule is NC(=O)CNC(=O)c1ccc(/C(F)=C/C(c2cc(Cl)c(Cl)c(Cl)c2)C(F)(F)F)cc1C(F)(F)F. The number of benzene rings is 2. The van der Waals surface area contributed by atoms with Crippen molar-refractivity contribution in [3.05, 3.63) is 73.7 Å². The van der Waals surface area contributed by atoms with Crippen molar-refractivity contribution >= 4 is 52.4 Å². The van der Waals surface area contributed by atoms with Crippen molar-refractivity contribution in [2.75, 3.05) is 6.54 Å². The second kappa shape index (κ2) is 10.4. The second-order valence-corrected chi connectivity index (χ2v) is 7.93. The fraction of sp³-hybridized carbons (Fsp3) is 0.200. The normalized spacial score (nSPS) is 13.5. The van der Waals surface area contributed by atoms with Crippen molar-refractivity contribution in [2.24, 2.45) is 5.73 Å². The summed E-state index contributed by atoms with van der Waals surface area (Å²) in [6.07, 6.45) is -10.2. The number of nitrogens with one attached hydrogen (secondary N) is 1. The molecule has 0 fully saturated rings. The molecule has 0 radical (unpaired) electrons. The summed E-state index contributed by atoms with van der Waals surface area (Å²) in [5.74, 6) is -6.69. The maximum Gasteiger partial charge on any atom is 0.417 e. The molecular weight excluding hydrogens is 540 g/mol. The van der Waals surface area contributed by atoms with Gasteiger partial charge in [-0.2, -0.15) is 26.3 Å². The third kappa shape index (κ3) is 6.77. The molecule has 0 saturated heterocycles. The standard InChI is InChI=1S/C20H12Cl3F7N2O2/c21-13-4-9(5-14(22)17(13)23)11(19(25,26)27)6-15(24)8-1-2-10(12(3-8)20(28,29)30)18(34)32-7-16(31)33/h1-6,11H,7H2,(H2,31,33)(H,32,34)/b15-6-. The molecule has 14 heteroatoms. The van der Waals surface area contributed by atoms with Crippen LogP contribution in [0.1, 0.15) is 33.0 Å². The van der Waals surface area contributed by atoms with E-state index in [1.807, 2.05) is 5.32 Å². The summed E-state index contributed by atoms with van der Waals surface area (Å²) in [5.41, 5.74) is 0.680. The van der Waals surface area contributed by atoms with Gasteiger partial charge in [-0.05, 0) is 35.9 Å². The maximum atomic E-state index is 14.8. The number of halogens is 10. The number of carbonyl (C=O) groups excluding carboxylic acids is 2. The highest BCUT2D eigenvalue weighted by Gasteiger charge is 2.41. The van der Waals surface area contributed by atoms with Crippen LogP contribution in [0.4, 0.5) is 30.7 Å². The third-order valence-electron chi connectivity index (χ3n) is 4.30. The van der Waals surface area contributed by atoms with Crippen LogP contribution in [0.5, 0.6) is 0 Å². The number of primary amides is 1. The first-order valence-corrected chi connectivity index (χ1v) is 10.0. The molecule has 1 unspecified atom stereocenters. The van der Waals surface area contributed by atoms with Gasteiger partial charge >= 0.3 is 12.4 Å². The van der Waals surface area contributed by atoms with Gasteiger partial charge in [0, 0.05) is 5.56 Å². The largest absolute Gasteiger partial charge is 0.417 e. The molecule has 0 heterocycles. The smallest absolute Gasteiger partial charge is 0.368 e. The van der Waals surface area contributed by atoms with Crippen LogP contribution in [0.2, 0.25) is 15.1 Å². The molecule has 0 saturated carbocycles. The van der Waals surface area contributed by atoms with E-state index in [4.69, 9.17) is 40.5 Å². The average Bonchev–Trinajstić information content (AvgIpc) is 2.71. The fourth-order valence-electron chi connectivity index (χ4n) is 2.76. The number of nitrogens with two attached hydrogens (primary N) is 1. The van der Waals surface area contributed by atoms with Gasteiger partial charge < -0.3 is 11.1 Å². The molecule has 0 aliphatic heterocycles. The van der Waals surface area contributed by atoms with Gasteiger partial charge in [0.2, 0.25) is 5.91 Å². The number of hydrogen-bond acceptors (Lipinski definition) is 2. The first kappa shape index (κ1) is 27.7. The molecule has 2 aromatic carbocycles. The molecule has 0 spiro atoms. The van der Waals surface area contributed by atoms with Crippen molar-refractivity contribution in [2.45, 2.75) is 18.3 Å². The molecule has 1 atom stereocenters. The molecule has 2 rings (SSSR count). The van der Waals surface area contributed by atoms with Crippen molar-refractivity contribution in [1.29, 1.82) is 0 Å². The van der Waals surface area contributed by atoms with Crippen LogP contribution in [0.25, 0.3) is 5.83 Å². The summed E-state index contributed by atoms with van der Waals surface area (Å²) in [5, 5.41) is 0.905. The van der Waals surface area contributed by atoms with E-state index in [-0.39, 0.29) is 27.2 Å². The number of carbonyl (C=O) groups is 2. The molecule has 4 nitrogen and oxygen atoms in total. The van der Waals surface area contributed by atoms with Crippen LogP contribution in [-0.2, 0) is 11.0 Å². The lowest BCUT2D eigenvalue weighted by atomic mass is 9.95. The number of rotatable bonds is 6. The molecule has 0 aliphatic rings. The predicted molar refractivity (Wildman–Crippen MR) is 112 cm³/mol. The van der Waals surface area contributed by atoms with Crippen LogP contribution >= 0.6 is 34.8 Å². The van der Waals surface area contributed by atoms with E-state index >= 15 is 0 Å². The minimum atomic E-state index is -5.18. The highest BCUT2D eigenvalue weighted by Crippen LogP contribution is 2.42. The number of allylic oxidation sites excluding steroid dienone is 1. The van der Waals surface area contributed by atoms with Gasteiger partial charge in [-0.3, -0.25) is 9.59 Å². The van der Waals surface area contributed by atoms with Crippen molar-refractivity contribution in [3.63, 3.8) is 0 Å². The minimum absolute atomic E-state index is 0.0399. The lowest BCUT2D eigenvalue weighted by Gasteiger charge is -2.19. The Kier molecular flexibility index (Phi) is 8.49. The Balaban J connectivity index is 2.57. The average molecular weight is 552 g/mol. The zero-order valence-corrected chi connectivity index (χ0v) is 18.7. The van der Waals surface area contributed by atoms with Crippen LogP contribution < -0.4 is 11.1 Å².